The molecule has 1 amide bonds. The zero-order valence-electron chi connectivity index (χ0n) is 9.79. The first kappa shape index (κ1) is 14.9. The van der Waals surface area contributed by atoms with Gasteiger partial charge in [-0.25, -0.2) is 8.78 Å². The number of carbonyl (C=O) groups excluding carboxylic acids is 1. The van der Waals surface area contributed by atoms with Crippen LogP contribution in [0.5, 0.6) is 0 Å². The zero-order valence-corrected chi connectivity index (χ0v) is 10.5. The van der Waals surface area contributed by atoms with E-state index in [1.807, 2.05) is 0 Å². The monoisotopic (exact) mass is 277 g/mol. The molecule has 1 aromatic carbocycles. The number of carbonyl (C=O) groups is 1. The van der Waals surface area contributed by atoms with E-state index in [2.05, 4.69) is 5.32 Å². The molecular weight excluding hydrogens is 264 g/mol. The predicted octanol–water partition coefficient (Wildman–Crippen LogP) is 2.13. The van der Waals surface area contributed by atoms with Gasteiger partial charge in [0.2, 0.25) is 5.91 Å². The van der Waals surface area contributed by atoms with Crippen molar-refractivity contribution in [3.8, 4) is 0 Å². The molecule has 0 saturated carbocycles. The summed E-state index contributed by atoms with van der Waals surface area (Å²) in [6.07, 6.45) is 0.414. The molecular formula is C12H14ClF2NO2. The molecule has 1 unspecified atom stereocenters. The highest BCUT2D eigenvalue weighted by Crippen LogP contribution is 2.18. The number of hydrogen-bond acceptors (Lipinski definition) is 2. The first-order valence-corrected chi connectivity index (χ1v) is 5.93. The Morgan fingerprint density at radius 2 is 2.17 bits per heavy atom. The van der Waals surface area contributed by atoms with E-state index in [1.54, 1.807) is 6.92 Å². The molecule has 0 spiro atoms. The van der Waals surface area contributed by atoms with E-state index in [4.69, 9.17) is 16.7 Å². The highest BCUT2D eigenvalue weighted by Gasteiger charge is 2.21. The summed E-state index contributed by atoms with van der Waals surface area (Å²) >= 11 is 5.72. The third-order valence-corrected chi connectivity index (χ3v) is 2.99. The number of hydrogen-bond donors (Lipinski definition) is 2. The zero-order chi connectivity index (χ0) is 13.7. The fourth-order valence-corrected chi connectivity index (χ4v) is 1.52. The normalized spacial score (nSPS) is 14.1. The Morgan fingerprint density at radius 1 is 1.50 bits per heavy atom. The van der Waals surface area contributed by atoms with Gasteiger partial charge in [0.05, 0.1) is 12.6 Å². The van der Waals surface area contributed by atoms with Crippen LogP contribution in [0.15, 0.2) is 18.2 Å². The summed E-state index contributed by atoms with van der Waals surface area (Å²) in [5.41, 5.74) is 0.0206. The molecule has 2 N–H and O–H groups in total. The molecule has 2 atom stereocenters. The summed E-state index contributed by atoms with van der Waals surface area (Å²) in [5, 5.41) is 10.8. The second-order valence-corrected chi connectivity index (χ2v) is 4.31. The third kappa shape index (κ3) is 3.65. The van der Waals surface area contributed by atoms with Crippen LogP contribution < -0.4 is 5.32 Å². The predicted molar refractivity (Wildman–Crippen MR) is 64.3 cm³/mol. The highest BCUT2D eigenvalue weighted by molar-refractivity contribution is 6.30. The van der Waals surface area contributed by atoms with Crippen LogP contribution in [-0.4, -0.2) is 23.0 Å². The quantitative estimate of drug-likeness (QED) is 0.810. The summed E-state index contributed by atoms with van der Waals surface area (Å²) in [7, 11) is 0. The highest BCUT2D eigenvalue weighted by atomic mass is 35.5. The molecule has 0 aliphatic heterocycles. The Morgan fingerprint density at radius 3 is 2.67 bits per heavy atom. The van der Waals surface area contributed by atoms with Crippen molar-refractivity contribution in [2.75, 3.05) is 6.61 Å². The smallest absolute Gasteiger partial charge is 0.238 e. The summed E-state index contributed by atoms with van der Waals surface area (Å²) in [4.78, 5) is 11.5. The van der Waals surface area contributed by atoms with Gasteiger partial charge >= 0.3 is 0 Å². The number of rotatable bonds is 5. The van der Waals surface area contributed by atoms with Crippen molar-refractivity contribution < 1.29 is 18.7 Å². The van der Waals surface area contributed by atoms with Gasteiger partial charge in [-0.15, -0.1) is 11.6 Å². The van der Waals surface area contributed by atoms with Crippen LogP contribution in [0.3, 0.4) is 0 Å². The van der Waals surface area contributed by atoms with Crippen LogP contribution in [-0.2, 0) is 4.79 Å². The number of nitrogens with one attached hydrogen (secondary N) is 1. The van der Waals surface area contributed by atoms with E-state index < -0.39 is 35.6 Å². The van der Waals surface area contributed by atoms with Crippen molar-refractivity contribution in [2.24, 2.45) is 0 Å². The minimum Gasteiger partial charge on any atom is -0.394 e. The van der Waals surface area contributed by atoms with Crippen LogP contribution in [0.4, 0.5) is 8.78 Å². The molecule has 0 fully saturated rings. The first-order chi connectivity index (χ1) is 8.49. The molecule has 0 heterocycles. The Bertz CT molecular complexity index is 429. The topological polar surface area (TPSA) is 49.3 Å². The number of aliphatic hydroxyl groups excluding tert-OH is 1. The number of amides is 1. The number of benzene rings is 1. The number of halogens is 3. The van der Waals surface area contributed by atoms with Crippen LogP contribution >= 0.6 is 11.6 Å². The molecule has 0 aliphatic rings. The average Bonchev–Trinajstić information content (AvgIpc) is 2.35. The molecule has 0 radical (unpaired) electrons. The lowest BCUT2D eigenvalue weighted by molar-refractivity contribution is -0.121. The SMILES string of the molecule is CCC(Cl)C(=O)N[C@@H](CO)c1ccc(F)cc1F. The lowest BCUT2D eigenvalue weighted by atomic mass is 10.1. The molecule has 0 saturated heterocycles. The summed E-state index contributed by atoms with van der Waals surface area (Å²) in [6, 6.07) is 2.00. The Balaban J connectivity index is 2.86. The molecule has 18 heavy (non-hydrogen) atoms. The van der Waals surface area contributed by atoms with Crippen molar-refractivity contribution in [3.63, 3.8) is 0 Å². The van der Waals surface area contributed by atoms with Crippen LogP contribution in [0.1, 0.15) is 24.9 Å². The maximum absolute atomic E-state index is 13.5. The van der Waals surface area contributed by atoms with Crippen molar-refractivity contribution in [1.29, 1.82) is 0 Å². The molecule has 6 heteroatoms. The number of aliphatic hydroxyl groups is 1. The molecule has 3 nitrogen and oxygen atoms in total. The third-order valence-electron chi connectivity index (χ3n) is 2.48. The van der Waals surface area contributed by atoms with Gasteiger partial charge in [0.1, 0.15) is 17.0 Å². The van der Waals surface area contributed by atoms with E-state index in [0.29, 0.717) is 12.5 Å². The average molecular weight is 278 g/mol. The van der Waals surface area contributed by atoms with Gasteiger partial charge in [0.15, 0.2) is 0 Å². The van der Waals surface area contributed by atoms with Gasteiger partial charge in [-0.05, 0) is 12.5 Å². The van der Waals surface area contributed by atoms with E-state index in [0.717, 1.165) is 6.07 Å². The molecule has 0 aliphatic carbocycles. The van der Waals surface area contributed by atoms with Gasteiger partial charge in [0.25, 0.3) is 0 Å². The lowest BCUT2D eigenvalue weighted by Crippen LogP contribution is -2.36. The molecule has 100 valence electrons. The van der Waals surface area contributed by atoms with Gasteiger partial charge in [0, 0.05) is 11.6 Å². The van der Waals surface area contributed by atoms with Gasteiger partial charge in [-0.2, -0.15) is 0 Å². The minimum atomic E-state index is -0.939. The van der Waals surface area contributed by atoms with Crippen LogP contribution in [0.2, 0.25) is 0 Å². The van der Waals surface area contributed by atoms with Crippen LogP contribution in [0.25, 0.3) is 0 Å². The second kappa shape index (κ2) is 6.66. The van der Waals surface area contributed by atoms with E-state index in [-0.39, 0.29) is 5.56 Å². The standard InChI is InChI=1S/C12H14ClF2NO2/c1-2-9(13)12(18)16-11(6-17)8-4-3-7(14)5-10(8)15/h3-5,9,11,17H,2,6H2,1H3,(H,16,18)/t9?,11-/m0/s1. The van der Waals surface area contributed by atoms with Crippen molar-refractivity contribution in [3.05, 3.63) is 35.4 Å². The fourth-order valence-electron chi connectivity index (χ4n) is 1.45. The van der Waals surface area contributed by atoms with Gasteiger partial charge < -0.3 is 10.4 Å². The van der Waals surface area contributed by atoms with Gasteiger partial charge in [-0.3, -0.25) is 4.79 Å². The Kier molecular flexibility index (Phi) is 5.50. The molecule has 0 bridgehead atoms. The fraction of sp³-hybridized carbons (Fsp3) is 0.417. The van der Waals surface area contributed by atoms with Gasteiger partial charge in [-0.1, -0.05) is 13.0 Å². The van der Waals surface area contributed by atoms with Crippen molar-refractivity contribution in [1.82, 2.24) is 5.32 Å². The Labute approximate surface area is 109 Å². The second-order valence-electron chi connectivity index (χ2n) is 3.79. The summed E-state index contributed by atoms with van der Waals surface area (Å²) < 4.78 is 26.2. The van der Waals surface area contributed by atoms with Crippen molar-refractivity contribution >= 4 is 17.5 Å². The van der Waals surface area contributed by atoms with E-state index >= 15 is 0 Å². The minimum absolute atomic E-state index is 0.0206. The summed E-state index contributed by atoms with van der Waals surface area (Å²) in [6.45, 7) is 1.23. The van der Waals surface area contributed by atoms with E-state index in [9.17, 15) is 13.6 Å². The largest absolute Gasteiger partial charge is 0.394 e. The van der Waals surface area contributed by atoms with E-state index in [1.165, 1.54) is 6.07 Å². The molecule has 1 rings (SSSR count). The Hall–Kier alpha value is -1.20. The van der Waals surface area contributed by atoms with Crippen LogP contribution in [0, 0.1) is 11.6 Å². The maximum atomic E-state index is 13.5. The number of alkyl halides is 1. The molecule has 1 aromatic rings. The molecule has 0 aromatic heterocycles. The maximum Gasteiger partial charge on any atom is 0.238 e. The van der Waals surface area contributed by atoms with Crippen molar-refractivity contribution in [2.45, 2.75) is 24.8 Å². The summed E-state index contributed by atoms with van der Waals surface area (Å²) in [5.74, 6) is -2.04. The first-order valence-electron chi connectivity index (χ1n) is 5.49. The lowest BCUT2D eigenvalue weighted by Gasteiger charge is -2.18.